The molecular weight excluding hydrogens is 194 g/mol. The van der Waals surface area contributed by atoms with Gasteiger partial charge >= 0.3 is 0 Å². The molecule has 0 saturated carbocycles. The number of ether oxygens (including phenoxy) is 1. The third-order valence-corrected chi connectivity index (χ3v) is 2.54. The van der Waals surface area contributed by atoms with Crippen LogP contribution in [0.2, 0.25) is 0 Å². The third kappa shape index (κ3) is 2.71. The van der Waals surface area contributed by atoms with Gasteiger partial charge in [-0.15, -0.1) is 0 Å². The molecule has 0 radical (unpaired) electrons. The van der Waals surface area contributed by atoms with Crippen molar-refractivity contribution in [1.82, 2.24) is 14.9 Å². The van der Waals surface area contributed by atoms with E-state index in [1.54, 1.807) is 18.6 Å². The summed E-state index contributed by atoms with van der Waals surface area (Å²) in [5, 5.41) is 9.18. The molecule has 0 spiro atoms. The van der Waals surface area contributed by atoms with Crippen molar-refractivity contribution < 1.29 is 9.84 Å². The van der Waals surface area contributed by atoms with Crippen molar-refractivity contribution in [2.45, 2.75) is 12.6 Å². The number of hydrogen-bond acceptors (Lipinski definition) is 5. The van der Waals surface area contributed by atoms with Gasteiger partial charge in [0, 0.05) is 31.7 Å². The Balaban J connectivity index is 1.97. The Kier molecular flexibility index (Phi) is 3.60. The molecule has 15 heavy (non-hydrogen) atoms. The van der Waals surface area contributed by atoms with Crippen molar-refractivity contribution in [2.24, 2.45) is 0 Å². The van der Waals surface area contributed by atoms with Crippen LogP contribution >= 0.6 is 0 Å². The Hall–Kier alpha value is -1.04. The van der Waals surface area contributed by atoms with Gasteiger partial charge in [-0.3, -0.25) is 14.9 Å². The smallest absolute Gasteiger partial charge is 0.0727 e. The van der Waals surface area contributed by atoms with Gasteiger partial charge < -0.3 is 9.84 Å². The molecule has 2 heterocycles. The quantitative estimate of drug-likeness (QED) is 0.738. The summed E-state index contributed by atoms with van der Waals surface area (Å²) in [6.07, 6.45) is 5.10. The summed E-state index contributed by atoms with van der Waals surface area (Å²) in [7, 11) is 0. The van der Waals surface area contributed by atoms with E-state index in [1.807, 2.05) is 0 Å². The molecule has 1 aliphatic rings. The van der Waals surface area contributed by atoms with E-state index >= 15 is 0 Å². The van der Waals surface area contributed by atoms with Crippen molar-refractivity contribution in [3.63, 3.8) is 0 Å². The Morgan fingerprint density at radius 3 is 3.20 bits per heavy atom. The third-order valence-electron chi connectivity index (χ3n) is 2.54. The summed E-state index contributed by atoms with van der Waals surface area (Å²) in [6, 6.07) is 0.0840. The monoisotopic (exact) mass is 209 g/mol. The van der Waals surface area contributed by atoms with Gasteiger partial charge in [-0.1, -0.05) is 0 Å². The van der Waals surface area contributed by atoms with E-state index in [1.165, 1.54) is 0 Å². The first kappa shape index (κ1) is 10.5. The van der Waals surface area contributed by atoms with E-state index in [9.17, 15) is 5.11 Å². The molecule has 1 saturated heterocycles. The molecule has 1 aromatic rings. The molecule has 1 fully saturated rings. The molecule has 2 rings (SSSR count). The van der Waals surface area contributed by atoms with Crippen LogP contribution in [0.4, 0.5) is 0 Å². The molecule has 82 valence electrons. The lowest BCUT2D eigenvalue weighted by Crippen LogP contribution is -2.46. The van der Waals surface area contributed by atoms with Crippen LogP contribution in [0, 0.1) is 0 Å². The molecule has 1 unspecified atom stereocenters. The Bertz CT molecular complexity index is 294. The Morgan fingerprint density at radius 2 is 2.47 bits per heavy atom. The maximum atomic E-state index is 9.18. The van der Waals surface area contributed by atoms with Crippen molar-refractivity contribution in [3.8, 4) is 0 Å². The van der Waals surface area contributed by atoms with E-state index in [-0.39, 0.29) is 12.6 Å². The van der Waals surface area contributed by atoms with E-state index in [0.717, 1.165) is 25.4 Å². The first-order valence-electron chi connectivity index (χ1n) is 5.07. The van der Waals surface area contributed by atoms with E-state index < -0.39 is 0 Å². The van der Waals surface area contributed by atoms with E-state index in [4.69, 9.17) is 4.74 Å². The second-order valence-corrected chi connectivity index (χ2v) is 3.58. The highest BCUT2D eigenvalue weighted by atomic mass is 16.5. The SMILES string of the molecule is OCC1COCCN1Cc1cnccn1. The highest BCUT2D eigenvalue weighted by molar-refractivity contribution is 4.95. The van der Waals surface area contributed by atoms with Crippen molar-refractivity contribution >= 4 is 0 Å². The average Bonchev–Trinajstić information content (AvgIpc) is 2.31. The fourth-order valence-electron chi connectivity index (χ4n) is 1.69. The standard InChI is InChI=1S/C10H15N3O2/c14-7-10-8-15-4-3-13(10)6-9-5-11-1-2-12-9/h1-2,5,10,14H,3-4,6-8H2. The van der Waals surface area contributed by atoms with Crippen LogP contribution in [0.15, 0.2) is 18.6 Å². The topological polar surface area (TPSA) is 58.5 Å². The predicted octanol–water partition coefficient (Wildman–Crippen LogP) is -0.330. The number of aliphatic hydroxyl groups excluding tert-OH is 1. The maximum absolute atomic E-state index is 9.18. The summed E-state index contributed by atoms with van der Waals surface area (Å²) in [4.78, 5) is 10.4. The van der Waals surface area contributed by atoms with Crippen LogP contribution in [-0.4, -0.2) is 52.4 Å². The van der Waals surface area contributed by atoms with Crippen LogP contribution < -0.4 is 0 Å². The van der Waals surface area contributed by atoms with Crippen LogP contribution in [0.3, 0.4) is 0 Å². The zero-order valence-corrected chi connectivity index (χ0v) is 8.54. The van der Waals surface area contributed by atoms with Gasteiger partial charge in [0.05, 0.1) is 31.6 Å². The van der Waals surface area contributed by atoms with E-state index in [0.29, 0.717) is 6.61 Å². The zero-order valence-electron chi connectivity index (χ0n) is 8.54. The van der Waals surface area contributed by atoms with Crippen LogP contribution in [0.1, 0.15) is 5.69 Å². The van der Waals surface area contributed by atoms with Crippen LogP contribution in [-0.2, 0) is 11.3 Å². The van der Waals surface area contributed by atoms with Gasteiger partial charge in [0.15, 0.2) is 0 Å². The summed E-state index contributed by atoms with van der Waals surface area (Å²) in [5.41, 5.74) is 0.929. The number of aromatic nitrogens is 2. The zero-order chi connectivity index (χ0) is 10.5. The van der Waals surface area contributed by atoms with Gasteiger partial charge in [0.1, 0.15) is 0 Å². The molecule has 1 atom stereocenters. The van der Waals surface area contributed by atoms with Crippen LogP contribution in [0.25, 0.3) is 0 Å². The molecular formula is C10H15N3O2. The second kappa shape index (κ2) is 5.16. The van der Waals surface area contributed by atoms with Gasteiger partial charge in [0.25, 0.3) is 0 Å². The van der Waals surface area contributed by atoms with Gasteiger partial charge in [0.2, 0.25) is 0 Å². The minimum atomic E-state index is 0.0840. The minimum absolute atomic E-state index is 0.0840. The summed E-state index contributed by atoms with van der Waals surface area (Å²) in [6.45, 7) is 3.00. The summed E-state index contributed by atoms with van der Waals surface area (Å²) >= 11 is 0. The first-order valence-corrected chi connectivity index (χ1v) is 5.07. The fourth-order valence-corrected chi connectivity index (χ4v) is 1.69. The van der Waals surface area contributed by atoms with E-state index in [2.05, 4.69) is 14.9 Å². The van der Waals surface area contributed by atoms with Gasteiger partial charge in [-0.25, -0.2) is 0 Å². The Morgan fingerprint density at radius 1 is 1.53 bits per heavy atom. The molecule has 1 N–H and O–H groups in total. The molecule has 1 aliphatic heterocycles. The molecule has 0 bridgehead atoms. The number of nitrogens with zero attached hydrogens (tertiary/aromatic N) is 3. The van der Waals surface area contributed by atoms with Gasteiger partial charge in [-0.05, 0) is 0 Å². The molecule has 5 nitrogen and oxygen atoms in total. The average molecular weight is 209 g/mol. The molecule has 0 aliphatic carbocycles. The fraction of sp³-hybridized carbons (Fsp3) is 0.600. The van der Waals surface area contributed by atoms with Crippen molar-refractivity contribution in [1.29, 1.82) is 0 Å². The predicted molar refractivity (Wildman–Crippen MR) is 54.1 cm³/mol. The lowest BCUT2D eigenvalue weighted by molar-refractivity contribution is -0.0317. The largest absolute Gasteiger partial charge is 0.395 e. The highest BCUT2D eigenvalue weighted by Crippen LogP contribution is 2.09. The van der Waals surface area contributed by atoms with Crippen molar-refractivity contribution in [3.05, 3.63) is 24.3 Å². The number of aliphatic hydroxyl groups is 1. The number of morpholine rings is 1. The second-order valence-electron chi connectivity index (χ2n) is 3.58. The normalized spacial score (nSPS) is 22.9. The van der Waals surface area contributed by atoms with Crippen LogP contribution in [0.5, 0.6) is 0 Å². The number of hydrogen-bond donors (Lipinski definition) is 1. The summed E-state index contributed by atoms with van der Waals surface area (Å²) < 4.78 is 5.30. The summed E-state index contributed by atoms with van der Waals surface area (Å²) in [5.74, 6) is 0. The Labute approximate surface area is 88.7 Å². The number of rotatable bonds is 3. The molecule has 0 aromatic carbocycles. The lowest BCUT2D eigenvalue weighted by Gasteiger charge is -2.33. The molecule has 1 aromatic heterocycles. The minimum Gasteiger partial charge on any atom is -0.395 e. The molecule has 0 amide bonds. The van der Waals surface area contributed by atoms with Gasteiger partial charge in [-0.2, -0.15) is 0 Å². The lowest BCUT2D eigenvalue weighted by atomic mass is 10.2. The van der Waals surface area contributed by atoms with Crippen molar-refractivity contribution in [2.75, 3.05) is 26.4 Å². The highest BCUT2D eigenvalue weighted by Gasteiger charge is 2.22. The molecule has 5 heteroatoms. The first-order chi connectivity index (χ1) is 7.40. The maximum Gasteiger partial charge on any atom is 0.0727 e.